The molecule has 1 aliphatic heterocycles. The molecule has 0 bridgehead atoms. The summed E-state index contributed by atoms with van der Waals surface area (Å²) in [6, 6.07) is 5.80. The number of carbonyl (C=O) groups excluding carboxylic acids is 1. The van der Waals surface area contributed by atoms with Crippen LogP contribution in [0.25, 0.3) is 0 Å². The number of fused-ring (bicyclic) bond motifs is 1. The van der Waals surface area contributed by atoms with Gasteiger partial charge in [-0.25, -0.2) is 0 Å². The molecule has 1 aliphatic carbocycles. The second-order valence-electron chi connectivity index (χ2n) is 5.39. The monoisotopic (exact) mass is 341 g/mol. The van der Waals surface area contributed by atoms with Crippen LogP contribution in [0.3, 0.4) is 0 Å². The molecule has 102 valence electrons. The van der Waals surface area contributed by atoms with Gasteiger partial charge in [-0.15, -0.1) is 0 Å². The predicted octanol–water partition coefficient (Wildman–Crippen LogP) is 3.27. The lowest BCUT2D eigenvalue weighted by Gasteiger charge is -2.45. The fourth-order valence-corrected chi connectivity index (χ4v) is 3.49. The molecule has 5 heteroatoms. The average molecular weight is 342 g/mol. The van der Waals surface area contributed by atoms with Gasteiger partial charge in [0.05, 0.1) is 5.69 Å². The van der Waals surface area contributed by atoms with Crippen LogP contribution in [0, 0.1) is 5.41 Å². The second kappa shape index (κ2) is 5.02. The van der Waals surface area contributed by atoms with Gasteiger partial charge in [-0.3, -0.25) is 4.79 Å². The van der Waals surface area contributed by atoms with Gasteiger partial charge in [0.25, 0.3) is 5.91 Å². The largest absolute Gasteiger partial charge is 0.482 e. The molecule has 19 heavy (non-hydrogen) atoms. The molecule has 1 fully saturated rings. The Hall–Kier alpha value is -0.680. The highest BCUT2D eigenvalue weighted by Gasteiger charge is 2.40. The molecular weight excluding hydrogens is 326 g/mol. The third kappa shape index (κ3) is 2.38. The van der Waals surface area contributed by atoms with Gasteiger partial charge in [-0.1, -0.05) is 22.4 Å². The zero-order valence-electron chi connectivity index (χ0n) is 10.6. The van der Waals surface area contributed by atoms with Crippen molar-refractivity contribution in [3.05, 3.63) is 22.7 Å². The number of anilines is 1. The van der Waals surface area contributed by atoms with Gasteiger partial charge in [-0.2, -0.15) is 12.6 Å². The number of carbonyl (C=O) groups is 1. The van der Waals surface area contributed by atoms with Gasteiger partial charge >= 0.3 is 0 Å². The van der Waals surface area contributed by atoms with Crippen molar-refractivity contribution in [2.24, 2.45) is 5.41 Å². The summed E-state index contributed by atoms with van der Waals surface area (Å²) in [6.07, 6.45) is 3.55. The number of amides is 1. The molecule has 3 nitrogen and oxygen atoms in total. The Morgan fingerprint density at radius 2 is 2.21 bits per heavy atom. The third-order valence-corrected chi connectivity index (χ3v) is 5.27. The number of rotatable bonds is 3. The topological polar surface area (TPSA) is 29.5 Å². The molecule has 0 unspecified atom stereocenters. The number of halogens is 1. The summed E-state index contributed by atoms with van der Waals surface area (Å²) < 4.78 is 6.45. The van der Waals surface area contributed by atoms with E-state index in [0.29, 0.717) is 0 Å². The van der Waals surface area contributed by atoms with Gasteiger partial charge in [0.15, 0.2) is 6.61 Å². The van der Waals surface area contributed by atoms with E-state index in [0.717, 1.165) is 41.0 Å². The maximum absolute atomic E-state index is 12.2. The molecule has 0 saturated heterocycles. The summed E-state index contributed by atoms with van der Waals surface area (Å²) >= 11 is 7.93. The van der Waals surface area contributed by atoms with E-state index >= 15 is 0 Å². The molecule has 1 aromatic rings. The molecule has 2 aliphatic rings. The minimum Gasteiger partial charge on any atom is -0.482 e. The van der Waals surface area contributed by atoms with E-state index in [4.69, 9.17) is 4.74 Å². The molecule has 0 N–H and O–H groups in total. The molecule has 0 atom stereocenters. The second-order valence-corrected chi connectivity index (χ2v) is 6.62. The summed E-state index contributed by atoms with van der Waals surface area (Å²) in [4.78, 5) is 14.0. The van der Waals surface area contributed by atoms with Crippen molar-refractivity contribution in [2.75, 3.05) is 23.8 Å². The van der Waals surface area contributed by atoms with Gasteiger partial charge in [-0.05, 0) is 42.2 Å². The van der Waals surface area contributed by atoms with Crippen molar-refractivity contribution >= 4 is 40.2 Å². The Balaban J connectivity index is 1.92. The summed E-state index contributed by atoms with van der Waals surface area (Å²) in [6.45, 7) is 0.888. The molecule has 1 amide bonds. The normalized spacial score (nSPS) is 20.5. The standard InChI is InChI=1S/C14H16BrNO2S/c15-10-2-3-12-11(6-10)16(13(17)7-18-12)8-14(9-19)4-1-5-14/h2-3,6,19H,1,4-5,7-9H2. The Morgan fingerprint density at radius 3 is 2.84 bits per heavy atom. The number of nitrogens with zero attached hydrogens (tertiary/aromatic N) is 1. The first-order chi connectivity index (χ1) is 9.13. The van der Waals surface area contributed by atoms with Crippen LogP contribution in [0.5, 0.6) is 5.75 Å². The maximum Gasteiger partial charge on any atom is 0.265 e. The van der Waals surface area contributed by atoms with E-state index in [9.17, 15) is 4.79 Å². The van der Waals surface area contributed by atoms with Crippen molar-refractivity contribution in [3.8, 4) is 5.75 Å². The van der Waals surface area contributed by atoms with Crippen molar-refractivity contribution in [1.29, 1.82) is 0 Å². The van der Waals surface area contributed by atoms with Crippen LogP contribution >= 0.6 is 28.6 Å². The van der Waals surface area contributed by atoms with Crippen molar-refractivity contribution in [2.45, 2.75) is 19.3 Å². The van der Waals surface area contributed by atoms with Crippen LogP contribution < -0.4 is 9.64 Å². The lowest BCUT2D eigenvalue weighted by molar-refractivity contribution is -0.121. The number of benzene rings is 1. The van der Waals surface area contributed by atoms with Crippen LogP contribution in [0.15, 0.2) is 22.7 Å². The summed E-state index contributed by atoms with van der Waals surface area (Å²) in [5.74, 6) is 1.66. The molecule has 0 aromatic heterocycles. The van der Waals surface area contributed by atoms with Crippen LogP contribution in [-0.2, 0) is 4.79 Å². The van der Waals surface area contributed by atoms with E-state index in [1.54, 1.807) is 0 Å². The van der Waals surface area contributed by atoms with E-state index in [1.165, 1.54) is 6.42 Å². The van der Waals surface area contributed by atoms with E-state index < -0.39 is 0 Å². The zero-order valence-corrected chi connectivity index (χ0v) is 13.0. The lowest BCUT2D eigenvalue weighted by atomic mass is 9.70. The average Bonchev–Trinajstić information content (AvgIpc) is 2.36. The minimum atomic E-state index is 0.0404. The van der Waals surface area contributed by atoms with Crippen LogP contribution in [0.2, 0.25) is 0 Å². The van der Waals surface area contributed by atoms with Gasteiger partial charge in [0.2, 0.25) is 0 Å². The van der Waals surface area contributed by atoms with Crippen LogP contribution in [0.1, 0.15) is 19.3 Å². The molecule has 0 radical (unpaired) electrons. The number of hydrogen-bond acceptors (Lipinski definition) is 3. The maximum atomic E-state index is 12.2. The molecular formula is C14H16BrNO2S. The smallest absolute Gasteiger partial charge is 0.265 e. The number of ether oxygens (including phenoxy) is 1. The van der Waals surface area contributed by atoms with E-state index in [2.05, 4.69) is 28.6 Å². The fraction of sp³-hybridized carbons (Fsp3) is 0.500. The van der Waals surface area contributed by atoms with Gasteiger partial charge in [0.1, 0.15) is 5.75 Å². The first-order valence-corrected chi connectivity index (χ1v) is 7.90. The Labute approximate surface area is 126 Å². The van der Waals surface area contributed by atoms with Gasteiger partial charge in [0, 0.05) is 11.0 Å². The molecule has 0 spiro atoms. The number of thiol groups is 1. The molecule has 1 aromatic carbocycles. The first kappa shape index (κ1) is 13.3. The number of hydrogen-bond donors (Lipinski definition) is 1. The van der Waals surface area contributed by atoms with E-state index in [1.807, 2.05) is 23.1 Å². The van der Waals surface area contributed by atoms with Gasteiger partial charge < -0.3 is 9.64 Å². The van der Waals surface area contributed by atoms with Crippen LogP contribution in [-0.4, -0.2) is 24.8 Å². The van der Waals surface area contributed by atoms with Crippen molar-refractivity contribution < 1.29 is 9.53 Å². The third-order valence-electron chi connectivity index (χ3n) is 4.11. The van der Waals surface area contributed by atoms with Crippen molar-refractivity contribution in [1.82, 2.24) is 0 Å². The Bertz CT molecular complexity index is 511. The lowest BCUT2D eigenvalue weighted by Crippen LogP contribution is -2.49. The fourth-order valence-electron chi connectivity index (χ4n) is 2.73. The van der Waals surface area contributed by atoms with Crippen LogP contribution in [0.4, 0.5) is 5.69 Å². The molecule has 3 rings (SSSR count). The summed E-state index contributed by atoms with van der Waals surface area (Å²) in [5, 5.41) is 0. The Morgan fingerprint density at radius 1 is 1.42 bits per heavy atom. The zero-order chi connectivity index (χ0) is 13.5. The van der Waals surface area contributed by atoms with Crippen molar-refractivity contribution in [3.63, 3.8) is 0 Å². The van der Waals surface area contributed by atoms with E-state index in [-0.39, 0.29) is 17.9 Å². The molecule has 1 saturated carbocycles. The highest BCUT2D eigenvalue weighted by atomic mass is 79.9. The molecule has 1 heterocycles. The summed E-state index contributed by atoms with van der Waals surface area (Å²) in [7, 11) is 0. The summed E-state index contributed by atoms with van der Waals surface area (Å²) in [5.41, 5.74) is 1.06. The SMILES string of the molecule is O=C1COc2ccc(Br)cc2N1CC1(CS)CCC1. The predicted molar refractivity (Wildman–Crippen MR) is 82.1 cm³/mol. The first-order valence-electron chi connectivity index (χ1n) is 6.47. The minimum absolute atomic E-state index is 0.0404. The highest BCUT2D eigenvalue weighted by molar-refractivity contribution is 9.10. The Kier molecular flexibility index (Phi) is 3.52. The highest BCUT2D eigenvalue weighted by Crippen LogP contribution is 2.45. The quantitative estimate of drug-likeness (QED) is 0.855.